The molecule has 0 amide bonds. The van der Waals surface area contributed by atoms with Gasteiger partial charge in [0.1, 0.15) is 0 Å². The van der Waals surface area contributed by atoms with Crippen LogP contribution >= 0.6 is 0 Å². The molecule has 0 N–H and O–H groups in total. The molecule has 0 fully saturated rings. The zero-order valence-corrected chi connectivity index (χ0v) is 8.44. The lowest BCUT2D eigenvalue weighted by atomic mass is 10.1. The van der Waals surface area contributed by atoms with Crippen LogP contribution in [0.2, 0.25) is 0 Å². The standard InChI is InChI=1S/C10H9F2NO3/c1-2-16-9(15)10(11,12)8(14)7-3-5-13-6-4-7/h3-6H,2H2,1H3. The molecule has 0 aliphatic rings. The SMILES string of the molecule is CCOC(=O)C(F)(F)C(=O)c1ccncc1. The van der Waals surface area contributed by atoms with E-state index in [-0.39, 0.29) is 12.2 Å². The van der Waals surface area contributed by atoms with Crippen LogP contribution in [0.25, 0.3) is 0 Å². The van der Waals surface area contributed by atoms with Crippen molar-refractivity contribution in [1.82, 2.24) is 4.98 Å². The first kappa shape index (κ1) is 12.2. The van der Waals surface area contributed by atoms with Crippen LogP contribution in [0.4, 0.5) is 8.78 Å². The van der Waals surface area contributed by atoms with Gasteiger partial charge in [-0.05, 0) is 19.1 Å². The van der Waals surface area contributed by atoms with Crippen LogP contribution in [-0.2, 0) is 9.53 Å². The number of halogens is 2. The van der Waals surface area contributed by atoms with Gasteiger partial charge in [-0.1, -0.05) is 0 Å². The first-order valence-electron chi connectivity index (χ1n) is 4.50. The Bertz CT molecular complexity index is 392. The number of carbonyl (C=O) groups is 2. The highest BCUT2D eigenvalue weighted by atomic mass is 19.3. The van der Waals surface area contributed by atoms with Crippen molar-refractivity contribution in [2.24, 2.45) is 0 Å². The zero-order valence-electron chi connectivity index (χ0n) is 8.44. The maximum atomic E-state index is 13.2. The molecule has 0 aliphatic carbocycles. The van der Waals surface area contributed by atoms with Gasteiger partial charge in [0.15, 0.2) is 0 Å². The highest BCUT2D eigenvalue weighted by Gasteiger charge is 2.49. The summed E-state index contributed by atoms with van der Waals surface area (Å²) in [6.45, 7) is 1.17. The Kier molecular flexibility index (Phi) is 3.65. The van der Waals surface area contributed by atoms with Crippen molar-refractivity contribution in [1.29, 1.82) is 0 Å². The van der Waals surface area contributed by atoms with Gasteiger partial charge in [-0.2, -0.15) is 8.78 Å². The van der Waals surface area contributed by atoms with E-state index in [0.29, 0.717) is 0 Å². The molecule has 0 bridgehead atoms. The molecule has 0 saturated carbocycles. The molecule has 0 radical (unpaired) electrons. The number of Topliss-reactive ketones (excluding diaryl/α,β-unsaturated/α-hetero) is 1. The van der Waals surface area contributed by atoms with Gasteiger partial charge >= 0.3 is 11.9 Å². The maximum absolute atomic E-state index is 13.2. The second-order valence-electron chi connectivity index (χ2n) is 2.86. The van der Waals surface area contributed by atoms with Gasteiger partial charge in [0.25, 0.3) is 0 Å². The minimum Gasteiger partial charge on any atom is -0.461 e. The Hall–Kier alpha value is -1.85. The van der Waals surface area contributed by atoms with E-state index >= 15 is 0 Å². The lowest BCUT2D eigenvalue weighted by Gasteiger charge is -2.12. The van der Waals surface area contributed by atoms with E-state index in [1.807, 2.05) is 0 Å². The summed E-state index contributed by atoms with van der Waals surface area (Å²) in [4.78, 5) is 25.8. The van der Waals surface area contributed by atoms with Crippen molar-refractivity contribution < 1.29 is 23.1 Å². The molecular weight excluding hydrogens is 220 g/mol. The number of ketones is 1. The van der Waals surface area contributed by atoms with Crippen molar-refractivity contribution in [2.75, 3.05) is 6.61 Å². The number of alkyl halides is 2. The number of esters is 1. The molecular formula is C10H9F2NO3. The number of aromatic nitrogens is 1. The van der Waals surface area contributed by atoms with Crippen molar-refractivity contribution in [3.8, 4) is 0 Å². The predicted octanol–water partition coefficient (Wildman–Crippen LogP) is 1.46. The molecule has 0 saturated heterocycles. The predicted molar refractivity (Wildman–Crippen MR) is 50.1 cm³/mol. The van der Waals surface area contributed by atoms with Crippen LogP contribution in [0.1, 0.15) is 17.3 Å². The van der Waals surface area contributed by atoms with Gasteiger partial charge in [-0.15, -0.1) is 0 Å². The zero-order chi connectivity index (χ0) is 12.2. The fraction of sp³-hybridized carbons (Fsp3) is 0.300. The normalized spacial score (nSPS) is 10.9. The Labute approximate surface area is 90.2 Å². The van der Waals surface area contributed by atoms with Gasteiger partial charge in [0, 0.05) is 18.0 Å². The first-order valence-corrected chi connectivity index (χ1v) is 4.50. The lowest BCUT2D eigenvalue weighted by Crippen LogP contribution is -2.39. The van der Waals surface area contributed by atoms with Crippen molar-refractivity contribution >= 4 is 11.8 Å². The Morgan fingerprint density at radius 2 is 1.94 bits per heavy atom. The van der Waals surface area contributed by atoms with Crippen LogP contribution in [-0.4, -0.2) is 29.3 Å². The van der Waals surface area contributed by atoms with E-state index < -0.39 is 17.7 Å². The number of rotatable bonds is 4. The minimum atomic E-state index is -4.16. The van der Waals surface area contributed by atoms with Crippen LogP contribution in [0, 0.1) is 0 Å². The second-order valence-corrected chi connectivity index (χ2v) is 2.86. The third-order valence-corrected chi connectivity index (χ3v) is 1.76. The average Bonchev–Trinajstić information content (AvgIpc) is 2.29. The monoisotopic (exact) mass is 229 g/mol. The van der Waals surface area contributed by atoms with E-state index in [1.165, 1.54) is 19.3 Å². The molecule has 0 spiro atoms. The van der Waals surface area contributed by atoms with Crippen LogP contribution in [0.5, 0.6) is 0 Å². The maximum Gasteiger partial charge on any atom is 0.404 e. The van der Waals surface area contributed by atoms with Gasteiger partial charge in [-0.3, -0.25) is 9.78 Å². The summed E-state index contributed by atoms with van der Waals surface area (Å²) in [6.07, 6.45) is 2.38. The molecule has 1 aromatic rings. The highest BCUT2D eigenvalue weighted by Crippen LogP contribution is 2.21. The molecule has 1 rings (SSSR count). The smallest absolute Gasteiger partial charge is 0.404 e. The molecule has 0 aliphatic heterocycles. The summed E-state index contributed by atoms with van der Waals surface area (Å²) >= 11 is 0. The topological polar surface area (TPSA) is 56.3 Å². The molecule has 1 aromatic heterocycles. The van der Waals surface area contributed by atoms with Gasteiger partial charge in [0.05, 0.1) is 6.61 Å². The summed E-state index contributed by atoms with van der Waals surface area (Å²) in [7, 11) is 0. The average molecular weight is 229 g/mol. The molecule has 0 atom stereocenters. The third kappa shape index (κ3) is 2.39. The molecule has 16 heavy (non-hydrogen) atoms. The Morgan fingerprint density at radius 3 is 2.44 bits per heavy atom. The number of hydrogen-bond donors (Lipinski definition) is 0. The van der Waals surface area contributed by atoms with E-state index in [2.05, 4.69) is 9.72 Å². The number of carbonyl (C=O) groups excluding carboxylic acids is 2. The van der Waals surface area contributed by atoms with E-state index in [4.69, 9.17) is 0 Å². The summed E-state index contributed by atoms with van der Waals surface area (Å²) in [6, 6.07) is 2.21. The van der Waals surface area contributed by atoms with Crippen LogP contribution in [0.15, 0.2) is 24.5 Å². The summed E-state index contributed by atoms with van der Waals surface area (Å²) < 4.78 is 30.6. The quantitative estimate of drug-likeness (QED) is 0.445. The molecule has 0 unspecified atom stereocenters. The van der Waals surface area contributed by atoms with Crippen molar-refractivity contribution in [3.63, 3.8) is 0 Å². The van der Waals surface area contributed by atoms with Crippen molar-refractivity contribution in [3.05, 3.63) is 30.1 Å². The summed E-state index contributed by atoms with van der Waals surface area (Å²) in [5.74, 6) is -7.58. The second kappa shape index (κ2) is 4.78. The largest absolute Gasteiger partial charge is 0.461 e. The number of ether oxygens (including phenoxy) is 1. The molecule has 4 nitrogen and oxygen atoms in total. The fourth-order valence-electron chi connectivity index (χ4n) is 0.999. The molecule has 1 heterocycles. The van der Waals surface area contributed by atoms with E-state index in [9.17, 15) is 18.4 Å². The van der Waals surface area contributed by atoms with Crippen LogP contribution < -0.4 is 0 Å². The molecule has 0 aromatic carbocycles. The van der Waals surface area contributed by atoms with Gasteiger partial charge < -0.3 is 4.74 Å². The highest BCUT2D eigenvalue weighted by molar-refractivity contribution is 6.13. The van der Waals surface area contributed by atoms with E-state index in [1.54, 1.807) is 0 Å². The van der Waals surface area contributed by atoms with E-state index in [0.717, 1.165) is 12.1 Å². The fourth-order valence-corrected chi connectivity index (χ4v) is 0.999. The Balaban J connectivity index is 2.92. The van der Waals surface area contributed by atoms with Gasteiger partial charge in [-0.25, -0.2) is 4.79 Å². The van der Waals surface area contributed by atoms with Gasteiger partial charge in [0.2, 0.25) is 5.78 Å². The summed E-state index contributed by atoms with van der Waals surface area (Å²) in [5, 5.41) is 0. The number of hydrogen-bond acceptors (Lipinski definition) is 4. The minimum absolute atomic E-state index is 0.210. The molecule has 86 valence electrons. The summed E-state index contributed by atoms with van der Waals surface area (Å²) in [5.41, 5.74) is -0.284. The lowest BCUT2D eigenvalue weighted by molar-refractivity contribution is -0.164. The third-order valence-electron chi connectivity index (χ3n) is 1.76. The number of pyridine rings is 1. The van der Waals surface area contributed by atoms with Crippen LogP contribution in [0.3, 0.4) is 0 Å². The first-order chi connectivity index (χ1) is 7.50. The Morgan fingerprint density at radius 1 is 1.38 bits per heavy atom. The van der Waals surface area contributed by atoms with Crippen molar-refractivity contribution in [2.45, 2.75) is 12.8 Å². The number of nitrogens with zero attached hydrogens (tertiary/aromatic N) is 1. The molecule has 6 heteroatoms.